The molecule has 4 heteroatoms. The first kappa shape index (κ1) is 14.4. The number of hydrogen-bond donors (Lipinski definition) is 0. The molecule has 0 amide bonds. The topological polar surface area (TPSA) is 0 Å². The Bertz CT molecular complexity index is 347. The molecule has 0 saturated carbocycles. The lowest BCUT2D eigenvalue weighted by atomic mass is 10.0. The third-order valence-electron chi connectivity index (χ3n) is 2.60. The number of hydrogen-bond acceptors (Lipinski definition) is 0. The standard InChI is InChI=1S/C13H16ClF3/c1-2-4-12(14)8-7-10-5-3-6-11(9-10)13(15,16)17/h3,5-6,9,12H,2,4,7-8H2,1H3. The molecule has 0 heterocycles. The Labute approximate surface area is 105 Å². The van der Waals surface area contributed by atoms with Gasteiger partial charge >= 0.3 is 6.18 Å². The summed E-state index contributed by atoms with van der Waals surface area (Å²) in [7, 11) is 0. The molecule has 1 atom stereocenters. The summed E-state index contributed by atoms with van der Waals surface area (Å²) in [5.41, 5.74) is 0.109. The fraction of sp³-hybridized carbons (Fsp3) is 0.538. The zero-order chi connectivity index (χ0) is 12.9. The Morgan fingerprint density at radius 3 is 2.53 bits per heavy atom. The summed E-state index contributed by atoms with van der Waals surface area (Å²) in [5.74, 6) is 0. The Morgan fingerprint density at radius 2 is 1.94 bits per heavy atom. The van der Waals surface area contributed by atoms with Gasteiger partial charge in [-0.15, -0.1) is 11.6 Å². The van der Waals surface area contributed by atoms with Crippen LogP contribution in [0.15, 0.2) is 24.3 Å². The summed E-state index contributed by atoms with van der Waals surface area (Å²) < 4.78 is 37.4. The number of halogens is 4. The summed E-state index contributed by atoms with van der Waals surface area (Å²) in [4.78, 5) is 0. The van der Waals surface area contributed by atoms with Gasteiger partial charge in [-0.3, -0.25) is 0 Å². The molecule has 0 N–H and O–H groups in total. The van der Waals surface area contributed by atoms with E-state index in [0.717, 1.165) is 25.3 Å². The van der Waals surface area contributed by atoms with Crippen LogP contribution in [0.3, 0.4) is 0 Å². The molecule has 0 aromatic heterocycles. The first-order valence-corrected chi connectivity index (χ1v) is 6.17. The van der Waals surface area contributed by atoms with E-state index in [1.54, 1.807) is 6.07 Å². The lowest BCUT2D eigenvalue weighted by Crippen LogP contribution is -2.06. The van der Waals surface area contributed by atoms with E-state index in [0.29, 0.717) is 12.0 Å². The van der Waals surface area contributed by atoms with Crippen LogP contribution in [0.5, 0.6) is 0 Å². The van der Waals surface area contributed by atoms with Gasteiger partial charge in [0.25, 0.3) is 0 Å². The highest BCUT2D eigenvalue weighted by Gasteiger charge is 2.30. The molecule has 0 fully saturated rings. The second kappa shape index (κ2) is 6.29. The highest BCUT2D eigenvalue weighted by atomic mass is 35.5. The predicted octanol–water partition coefficient (Wildman–Crippen LogP) is 5.05. The lowest BCUT2D eigenvalue weighted by Gasteiger charge is -2.10. The van der Waals surface area contributed by atoms with Gasteiger partial charge in [-0.2, -0.15) is 13.2 Å². The molecule has 1 rings (SSSR count). The van der Waals surface area contributed by atoms with Crippen molar-refractivity contribution in [3.05, 3.63) is 35.4 Å². The monoisotopic (exact) mass is 264 g/mol. The molecule has 1 aromatic carbocycles. The van der Waals surface area contributed by atoms with Crippen LogP contribution in [-0.4, -0.2) is 5.38 Å². The quantitative estimate of drug-likeness (QED) is 0.653. The number of alkyl halides is 4. The van der Waals surface area contributed by atoms with Gasteiger partial charge in [0, 0.05) is 5.38 Å². The smallest absolute Gasteiger partial charge is 0.166 e. The molecule has 0 spiro atoms. The molecule has 0 aliphatic rings. The van der Waals surface area contributed by atoms with Crippen molar-refractivity contribution in [2.45, 2.75) is 44.2 Å². The number of aryl methyl sites for hydroxylation is 1. The van der Waals surface area contributed by atoms with Crippen LogP contribution in [0, 0.1) is 0 Å². The van der Waals surface area contributed by atoms with Crippen molar-refractivity contribution in [2.75, 3.05) is 0 Å². The number of rotatable bonds is 5. The molecule has 0 nitrogen and oxygen atoms in total. The number of benzene rings is 1. The maximum atomic E-state index is 12.5. The van der Waals surface area contributed by atoms with Crippen LogP contribution in [0.2, 0.25) is 0 Å². The van der Waals surface area contributed by atoms with E-state index in [1.807, 2.05) is 6.92 Å². The van der Waals surface area contributed by atoms with Crippen molar-refractivity contribution in [1.82, 2.24) is 0 Å². The highest BCUT2D eigenvalue weighted by molar-refractivity contribution is 6.20. The van der Waals surface area contributed by atoms with Crippen LogP contribution in [0.25, 0.3) is 0 Å². The van der Waals surface area contributed by atoms with Gasteiger partial charge in [0.05, 0.1) is 5.56 Å². The molecule has 0 radical (unpaired) electrons. The predicted molar refractivity (Wildman–Crippen MR) is 64.3 cm³/mol. The first-order valence-electron chi connectivity index (χ1n) is 5.73. The third-order valence-corrected chi connectivity index (χ3v) is 3.04. The molecule has 0 saturated heterocycles. The van der Waals surface area contributed by atoms with Gasteiger partial charge < -0.3 is 0 Å². The lowest BCUT2D eigenvalue weighted by molar-refractivity contribution is -0.137. The summed E-state index contributed by atoms with van der Waals surface area (Å²) in [5, 5.41) is 0.0505. The van der Waals surface area contributed by atoms with Crippen molar-refractivity contribution in [2.24, 2.45) is 0 Å². The minimum absolute atomic E-state index is 0.0505. The first-order chi connectivity index (χ1) is 7.93. The van der Waals surface area contributed by atoms with Crippen LogP contribution in [0.1, 0.15) is 37.3 Å². The molecule has 1 aromatic rings. The van der Waals surface area contributed by atoms with Gasteiger partial charge in [0.2, 0.25) is 0 Å². The van der Waals surface area contributed by atoms with Gasteiger partial charge in [-0.25, -0.2) is 0 Å². The third kappa shape index (κ3) is 4.99. The SMILES string of the molecule is CCCC(Cl)CCc1cccc(C(F)(F)F)c1. The van der Waals surface area contributed by atoms with Gasteiger partial charge in [0.15, 0.2) is 0 Å². The fourth-order valence-corrected chi connectivity index (χ4v) is 2.01. The van der Waals surface area contributed by atoms with Crippen LogP contribution in [-0.2, 0) is 12.6 Å². The minimum Gasteiger partial charge on any atom is -0.166 e. The Hall–Kier alpha value is -0.700. The maximum absolute atomic E-state index is 12.5. The van der Waals surface area contributed by atoms with Crippen molar-refractivity contribution < 1.29 is 13.2 Å². The zero-order valence-electron chi connectivity index (χ0n) is 9.73. The molecular formula is C13H16ClF3. The molecular weight excluding hydrogens is 249 g/mol. The maximum Gasteiger partial charge on any atom is 0.416 e. The Balaban J connectivity index is 2.60. The van der Waals surface area contributed by atoms with Crippen molar-refractivity contribution in [3.63, 3.8) is 0 Å². The van der Waals surface area contributed by atoms with Crippen LogP contribution < -0.4 is 0 Å². The minimum atomic E-state index is -4.26. The van der Waals surface area contributed by atoms with Gasteiger partial charge in [0.1, 0.15) is 0 Å². The van der Waals surface area contributed by atoms with E-state index >= 15 is 0 Å². The van der Waals surface area contributed by atoms with Crippen LogP contribution >= 0.6 is 11.6 Å². The molecule has 96 valence electrons. The highest BCUT2D eigenvalue weighted by Crippen LogP contribution is 2.29. The van der Waals surface area contributed by atoms with Crippen molar-refractivity contribution in [1.29, 1.82) is 0 Å². The van der Waals surface area contributed by atoms with E-state index < -0.39 is 11.7 Å². The average Bonchev–Trinajstić information content (AvgIpc) is 2.26. The van der Waals surface area contributed by atoms with Gasteiger partial charge in [-0.05, 0) is 30.9 Å². The molecule has 0 aliphatic heterocycles. The van der Waals surface area contributed by atoms with E-state index in [2.05, 4.69) is 0 Å². The summed E-state index contributed by atoms with van der Waals surface area (Å²) in [6, 6.07) is 5.45. The molecule has 0 aliphatic carbocycles. The summed E-state index contributed by atoms with van der Waals surface area (Å²) >= 11 is 6.04. The average molecular weight is 265 g/mol. The Kier molecular flexibility index (Phi) is 5.31. The molecule has 0 bridgehead atoms. The van der Waals surface area contributed by atoms with Gasteiger partial charge in [-0.1, -0.05) is 31.5 Å². The molecule has 1 unspecified atom stereocenters. The largest absolute Gasteiger partial charge is 0.416 e. The van der Waals surface area contributed by atoms with Crippen LogP contribution in [0.4, 0.5) is 13.2 Å². The fourth-order valence-electron chi connectivity index (χ4n) is 1.68. The zero-order valence-corrected chi connectivity index (χ0v) is 10.5. The van der Waals surface area contributed by atoms with E-state index in [9.17, 15) is 13.2 Å². The summed E-state index contributed by atoms with van der Waals surface area (Å²) in [6.07, 6.45) is -1.05. The van der Waals surface area contributed by atoms with E-state index in [-0.39, 0.29) is 5.38 Å². The molecule has 17 heavy (non-hydrogen) atoms. The van der Waals surface area contributed by atoms with Crippen molar-refractivity contribution in [3.8, 4) is 0 Å². The van der Waals surface area contributed by atoms with Crippen molar-refractivity contribution >= 4 is 11.6 Å². The summed E-state index contributed by atoms with van der Waals surface area (Å²) in [6.45, 7) is 2.04. The Morgan fingerprint density at radius 1 is 1.24 bits per heavy atom. The normalized spacial score (nSPS) is 13.7. The van der Waals surface area contributed by atoms with E-state index in [4.69, 9.17) is 11.6 Å². The second-order valence-corrected chi connectivity index (χ2v) is 4.74. The second-order valence-electron chi connectivity index (χ2n) is 4.12. The van der Waals surface area contributed by atoms with E-state index in [1.165, 1.54) is 12.1 Å².